The van der Waals surface area contributed by atoms with Gasteiger partial charge in [-0.3, -0.25) is 0 Å². The van der Waals surface area contributed by atoms with Crippen LogP contribution >= 0.6 is 0 Å². The second-order valence-corrected chi connectivity index (χ2v) is 5.08. The third-order valence-electron chi connectivity index (χ3n) is 3.97. The van der Waals surface area contributed by atoms with Crippen LogP contribution in [0, 0.1) is 0 Å². The molecule has 2 aliphatic heterocycles. The molecule has 0 aliphatic carbocycles. The minimum absolute atomic E-state index is 0.0211. The quantitative estimate of drug-likeness (QED) is 0.773. The molecule has 98 valence electrons. The lowest BCUT2D eigenvalue weighted by Gasteiger charge is -2.37. The molecule has 2 heterocycles. The van der Waals surface area contributed by atoms with Crippen LogP contribution in [0.4, 0.5) is 18.9 Å². The van der Waals surface area contributed by atoms with E-state index in [-0.39, 0.29) is 12.1 Å². The fourth-order valence-corrected chi connectivity index (χ4v) is 3.18. The van der Waals surface area contributed by atoms with E-state index in [0.29, 0.717) is 18.7 Å². The lowest BCUT2D eigenvalue weighted by Crippen LogP contribution is -2.50. The molecule has 0 amide bonds. The van der Waals surface area contributed by atoms with Crippen molar-refractivity contribution in [2.24, 2.45) is 5.73 Å². The maximum Gasteiger partial charge on any atom is 0.418 e. The summed E-state index contributed by atoms with van der Waals surface area (Å²) in [6.07, 6.45) is -1.89. The van der Waals surface area contributed by atoms with Gasteiger partial charge in [0.15, 0.2) is 0 Å². The lowest BCUT2D eigenvalue weighted by atomic mass is 9.96. The van der Waals surface area contributed by atoms with E-state index >= 15 is 0 Å². The number of benzene rings is 1. The average molecular weight is 256 g/mol. The van der Waals surface area contributed by atoms with Crippen molar-refractivity contribution in [2.45, 2.75) is 37.5 Å². The van der Waals surface area contributed by atoms with Gasteiger partial charge in [-0.05, 0) is 30.9 Å². The Balaban J connectivity index is 2.09. The molecule has 1 fully saturated rings. The second-order valence-electron chi connectivity index (χ2n) is 5.08. The highest BCUT2D eigenvalue weighted by Crippen LogP contribution is 2.44. The van der Waals surface area contributed by atoms with Gasteiger partial charge in [0.25, 0.3) is 0 Å². The Kier molecular flexibility index (Phi) is 2.55. The fraction of sp³-hybridized carbons (Fsp3) is 0.538. The number of alkyl halides is 3. The largest absolute Gasteiger partial charge is 0.418 e. The van der Waals surface area contributed by atoms with E-state index in [1.54, 1.807) is 6.07 Å². The summed E-state index contributed by atoms with van der Waals surface area (Å²) in [5, 5.41) is 0. The predicted molar refractivity (Wildman–Crippen MR) is 63.5 cm³/mol. The van der Waals surface area contributed by atoms with Crippen molar-refractivity contribution in [1.82, 2.24) is 0 Å². The number of nitrogens with two attached hydrogens (primary N) is 1. The number of piperidine rings is 1. The van der Waals surface area contributed by atoms with Crippen LogP contribution in [-0.2, 0) is 12.6 Å². The standard InChI is InChI=1S/C13H15F3N2/c14-13(15,16)9-4-1-3-8-7-11-10(17)5-2-6-18(11)12(8)9/h1,3-4,10-11H,2,5-7,17H2. The first kappa shape index (κ1) is 11.8. The molecule has 18 heavy (non-hydrogen) atoms. The smallest absolute Gasteiger partial charge is 0.366 e. The van der Waals surface area contributed by atoms with Gasteiger partial charge in [-0.25, -0.2) is 0 Å². The molecule has 2 unspecified atom stereocenters. The molecule has 2 nitrogen and oxygen atoms in total. The number of hydrogen-bond donors (Lipinski definition) is 1. The zero-order valence-corrected chi connectivity index (χ0v) is 9.87. The number of anilines is 1. The molecule has 3 rings (SSSR count). The number of para-hydroxylation sites is 1. The topological polar surface area (TPSA) is 29.3 Å². The van der Waals surface area contributed by atoms with Gasteiger partial charge in [0.2, 0.25) is 0 Å². The van der Waals surface area contributed by atoms with Crippen LogP contribution in [0.1, 0.15) is 24.0 Å². The molecule has 2 N–H and O–H groups in total. The third kappa shape index (κ3) is 1.68. The molecule has 0 radical (unpaired) electrons. The molecule has 1 aromatic carbocycles. The van der Waals surface area contributed by atoms with Crippen LogP contribution in [0.3, 0.4) is 0 Å². The van der Waals surface area contributed by atoms with Crippen LogP contribution in [0.5, 0.6) is 0 Å². The van der Waals surface area contributed by atoms with E-state index in [4.69, 9.17) is 5.73 Å². The van der Waals surface area contributed by atoms with E-state index in [1.807, 2.05) is 4.90 Å². The lowest BCUT2D eigenvalue weighted by molar-refractivity contribution is -0.137. The molecule has 1 saturated heterocycles. The van der Waals surface area contributed by atoms with Crippen molar-refractivity contribution < 1.29 is 13.2 Å². The Morgan fingerprint density at radius 1 is 1.28 bits per heavy atom. The average Bonchev–Trinajstić information content (AvgIpc) is 2.68. The molecule has 2 aliphatic rings. The maximum absolute atomic E-state index is 13.0. The van der Waals surface area contributed by atoms with Crippen LogP contribution in [0.15, 0.2) is 18.2 Å². The van der Waals surface area contributed by atoms with Gasteiger partial charge < -0.3 is 10.6 Å². The highest BCUT2D eigenvalue weighted by Gasteiger charge is 2.43. The van der Waals surface area contributed by atoms with Gasteiger partial charge in [-0.2, -0.15) is 13.2 Å². The van der Waals surface area contributed by atoms with Gasteiger partial charge in [-0.1, -0.05) is 12.1 Å². The first-order valence-electron chi connectivity index (χ1n) is 6.20. The summed E-state index contributed by atoms with van der Waals surface area (Å²) in [6, 6.07) is 4.47. The van der Waals surface area contributed by atoms with Crippen molar-refractivity contribution in [2.75, 3.05) is 11.4 Å². The Morgan fingerprint density at radius 2 is 2.06 bits per heavy atom. The number of rotatable bonds is 0. The van der Waals surface area contributed by atoms with Crippen LogP contribution in [0.2, 0.25) is 0 Å². The van der Waals surface area contributed by atoms with Gasteiger partial charge in [0.1, 0.15) is 0 Å². The molecular weight excluding hydrogens is 241 g/mol. The van der Waals surface area contributed by atoms with E-state index in [9.17, 15) is 13.2 Å². The molecule has 0 bridgehead atoms. The van der Waals surface area contributed by atoms with E-state index in [2.05, 4.69) is 0 Å². The van der Waals surface area contributed by atoms with Gasteiger partial charge in [0, 0.05) is 18.6 Å². The van der Waals surface area contributed by atoms with Crippen LogP contribution < -0.4 is 10.6 Å². The molecule has 0 spiro atoms. The minimum Gasteiger partial charge on any atom is -0.366 e. The Hall–Kier alpha value is -1.23. The van der Waals surface area contributed by atoms with Crippen molar-refractivity contribution in [1.29, 1.82) is 0 Å². The number of nitrogens with zero attached hydrogens (tertiary/aromatic N) is 1. The minimum atomic E-state index is -4.29. The zero-order valence-electron chi connectivity index (χ0n) is 9.87. The molecule has 1 aromatic rings. The Bertz CT molecular complexity index is 470. The van der Waals surface area contributed by atoms with Crippen molar-refractivity contribution in [3.8, 4) is 0 Å². The third-order valence-corrected chi connectivity index (χ3v) is 3.97. The summed E-state index contributed by atoms with van der Waals surface area (Å²) in [4.78, 5) is 1.87. The number of hydrogen-bond acceptors (Lipinski definition) is 2. The SMILES string of the molecule is NC1CCCN2c3c(cccc3C(F)(F)F)CC12. The van der Waals surface area contributed by atoms with E-state index < -0.39 is 11.7 Å². The zero-order chi connectivity index (χ0) is 12.9. The first-order valence-corrected chi connectivity index (χ1v) is 6.20. The summed E-state index contributed by atoms with van der Waals surface area (Å²) < 4.78 is 39.1. The van der Waals surface area contributed by atoms with Crippen molar-refractivity contribution in [3.63, 3.8) is 0 Å². The first-order chi connectivity index (χ1) is 8.48. The summed E-state index contributed by atoms with van der Waals surface area (Å²) in [5.41, 5.74) is 6.67. The monoisotopic (exact) mass is 256 g/mol. The molecular formula is C13H15F3N2. The van der Waals surface area contributed by atoms with Crippen LogP contribution in [-0.4, -0.2) is 18.6 Å². The van der Waals surface area contributed by atoms with Gasteiger partial charge in [-0.15, -0.1) is 0 Å². The molecule has 2 atom stereocenters. The Morgan fingerprint density at radius 3 is 2.78 bits per heavy atom. The summed E-state index contributed by atoms with van der Waals surface area (Å²) >= 11 is 0. The predicted octanol–water partition coefficient (Wildman–Crippen LogP) is 2.56. The van der Waals surface area contributed by atoms with Gasteiger partial charge in [0.05, 0.1) is 11.3 Å². The molecule has 5 heteroatoms. The van der Waals surface area contributed by atoms with Gasteiger partial charge >= 0.3 is 6.18 Å². The fourth-order valence-electron chi connectivity index (χ4n) is 3.18. The summed E-state index contributed by atoms with van der Waals surface area (Å²) in [5.74, 6) is 0. The highest BCUT2D eigenvalue weighted by atomic mass is 19.4. The molecule has 0 aromatic heterocycles. The maximum atomic E-state index is 13.0. The normalized spacial score (nSPS) is 27.0. The van der Waals surface area contributed by atoms with E-state index in [1.165, 1.54) is 12.1 Å². The Labute approximate surface area is 104 Å². The van der Waals surface area contributed by atoms with E-state index in [0.717, 1.165) is 18.4 Å². The summed E-state index contributed by atoms with van der Waals surface area (Å²) in [6.45, 7) is 0.679. The molecule has 0 saturated carbocycles. The highest BCUT2D eigenvalue weighted by molar-refractivity contribution is 5.66. The number of halogens is 3. The van der Waals surface area contributed by atoms with Crippen molar-refractivity contribution in [3.05, 3.63) is 29.3 Å². The second kappa shape index (κ2) is 3.88. The summed E-state index contributed by atoms with van der Waals surface area (Å²) in [7, 11) is 0. The number of fused-ring (bicyclic) bond motifs is 3. The van der Waals surface area contributed by atoms with Crippen molar-refractivity contribution >= 4 is 5.69 Å². The van der Waals surface area contributed by atoms with Crippen LogP contribution in [0.25, 0.3) is 0 Å².